The van der Waals surface area contributed by atoms with Crippen LogP contribution in [0.1, 0.15) is 30.9 Å². The number of nitrogen functional groups attached to an aromatic ring is 1. The Morgan fingerprint density at radius 1 is 1.36 bits per heavy atom. The maximum Gasteiger partial charge on any atom is 0.181 e. The summed E-state index contributed by atoms with van der Waals surface area (Å²) < 4.78 is 1.23. The van der Waals surface area contributed by atoms with Crippen LogP contribution >= 0.6 is 11.3 Å². The Bertz CT molecular complexity index is 471. The van der Waals surface area contributed by atoms with Gasteiger partial charge in [0, 0.05) is 0 Å². The van der Waals surface area contributed by atoms with Crippen LogP contribution in [0.15, 0.2) is 12.1 Å². The summed E-state index contributed by atoms with van der Waals surface area (Å²) in [5, 5.41) is 0.663. The molecule has 2 rings (SSSR count). The third kappa shape index (κ3) is 1.38. The van der Waals surface area contributed by atoms with Crippen molar-refractivity contribution >= 4 is 26.7 Å². The van der Waals surface area contributed by atoms with Crippen LogP contribution in [0.3, 0.4) is 0 Å². The Morgan fingerprint density at radius 2 is 2.07 bits per heavy atom. The molecule has 0 saturated heterocycles. The largest absolute Gasteiger partial charge is 0.375 e. The monoisotopic (exact) mass is 206 g/mol. The van der Waals surface area contributed by atoms with Crippen LogP contribution in [0, 0.1) is 6.92 Å². The average molecular weight is 206 g/mol. The third-order valence-electron chi connectivity index (χ3n) is 2.41. The van der Waals surface area contributed by atoms with Gasteiger partial charge in [0.25, 0.3) is 0 Å². The molecule has 1 aromatic carbocycles. The number of benzene rings is 1. The average Bonchev–Trinajstić information content (AvgIpc) is 2.47. The lowest BCUT2D eigenvalue weighted by molar-refractivity contribution is 0.873. The van der Waals surface area contributed by atoms with Crippen LogP contribution in [0.5, 0.6) is 0 Å². The molecular formula is C11H14N2S. The maximum atomic E-state index is 5.74. The number of rotatable bonds is 1. The maximum absolute atomic E-state index is 5.74. The van der Waals surface area contributed by atoms with Gasteiger partial charge in [0.1, 0.15) is 0 Å². The first-order valence-corrected chi connectivity index (χ1v) is 5.56. The Kier molecular flexibility index (Phi) is 2.19. The van der Waals surface area contributed by atoms with E-state index in [1.165, 1.54) is 15.8 Å². The van der Waals surface area contributed by atoms with Crippen molar-refractivity contribution in [1.29, 1.82) is 0 Å². The zero-order valence-electron chi connectivity index (χ0n) is 8.66. The van der Waals surface area contributed by atoms with E-state index in [0.29, 0.717) is 11.0 Å². The van der Waals surface area contributed by atoms with Gasteiger partial charge in [-0.1, -0.05) is 37.3 Å². The molecule has 0 spiro atoms. The zero-order chi connectivity index (χ0) is 10.3. The van der Waals surface area contributed by atoms with Crippen molar-refractivity contribution in [3.05, 3.63) is 23.3 Å². The van der Waals surface area contributed by atoms with E-state index < -0.39 is 0 Å². The fraction of sp³-hybridized carbons (Fsp3) is 0.364. The second-order valence-corrected chi connectivity index (χ2v) is 4.89. The van der Waals surface area contributed by atoms with Crippen molar-refractivity contribution in [3.63, 3.8) is 0 Å². The molecule has 2 nitrogen and oxygen atoms in total. The van der Waals surface area contributed by atoms with Crippen molar-refractivity contribution in [1.82, 2.24) is 4.98 Å². The molecule has 0 aliphatic rings. The van der Waals surface area contributed by atoms with E-state index in [1.807, 2.05) is 0 Å². The van der Waals surface area contributed by atoms with E-state index >= 15 is 0 Å². The SMILES string of the molecule is Cc1ccc(C(C)C)c2nc(N)sc12. The summed E-state index contributed by atoms with van der Waals surface area (Å²) >= 11 is 1.58. The lowest BCUT2D eigenvalue weighted by Crippen LogP contribution is -1.90. The molecular weight excluding hydrogens is 192 g/mol. The molecule has 0 aliphatic carbocycles. The third-order valence-corrected chi connectivity index (χ3v) is 3.43. The van der Waals surface area contributed by atoms with Crippen molar-refractivity contribution in [2.45, 2.75) is 26.7 Å². The van der Waals surface area contributed by atoms with Gasteiger partial charge in [0.15, 0.2) is 5.13 Å². The molecule has 0 aliphatic heterocycles. The van der Waals surface area contributed by atoms with Crippen molar-refractivity contribution in [2.24, 2.45) is 0 Å². The smallest absolute Gasteiger partial charge is 0.181 e. The molecule has 1 heterocycles. The van der Waals surface area contributed by atoms with E-state index in [0.717, 1.165) is 5.52 Å². The Labute approximate surface area is 87.8 Å². The Balaban J connectivity index is 2.81. The molecule has 74 valence electrons. The topological polar surface area (TPSA) is 38.9 Å². The number of aromatic nitrogens is 1. The minimum atomic E-state index is 0.500. The lowest BCUT2D eigenvalue weighted by atomic mass is 10.0. The zero-order valence-corrected chi connectivity index (χ0v) is 9.48. The van der Waals surface area contributed by atoms with Crippen LogP contribution in [-0.4, -0.2) is 4.98 Å². The molecule has 0 amide bonds. The summed E-state index contributed by atoms with van der Waals surface area (Å²) in [6.45, 7) is 6.46. The lowest BCUT2D eigenvalue weighted by Gasteiger charge is -2.06. The van der Waals surface area contributed by atoms with Crippen molar-refractivity contribution < 1.29 is 0 Å². The van der Waals surface area contributed by atoms with Gasteiger partial charge in [-0.2, -0.15) is 0 Å². The van der Waals surface area contributed by atoms with Crippen molar-refractivity contribution in [2.75, 3.05) is 5.73 Å². The number of hydrogen-bond donors (Lipinski definition) is 1. The predicted molar refractivity (Wildman–Crippen MR) is 62.9 cm³/mol. The van der Waals surface area contributed by atoms with Crippen LogP contribution in [0.2, 0.25) is 0 Å². The van der Waals surface area contributed by atoms with Crippen LogP contribution < -0.4 is 5.73 Å². The highest BCUT2D eigenvalue weighted by molar-refractivity contribution is 7.22. The molecule has 2 N–H and O–H groups in total. The van der Waals surface area contributed by atoms with E-state index in [-0.39, 0.29) is 0 Å². The quantitative estimate of drug-likeness (QED) is 0.777. The first-order valence-electron chi connectivity index (χ1n) is 4.75. The summed E-state index contributed by atoms with van der Waals surface area (Å²) in [6, 6.07) is 4.30. The molecule has 0 atom stereocenters. The van der Waals surface area contributed by atoms with Gasteiger partial charge in [-0.25, -0.2) is 4.98 Å². The number of fused-ring (bicyclic) bond motifs is 1. The Morgan fingerprint density at radius 3 is 2.71 bits per heavy atom. The number of nitrogens with two attached hydrogens (primary N) is 1. The molecule has 0 bridgehead atoms. The summed E-state index contributed by atoms with van der Waals surface area (Å²) in [6.07, 6.45) is 0. The molecule has 2 aromatic rings. The molecule has 3 heteroatoms. The second-order valence-electron chi connectivity index (χ2n) is 3.86. The number of aryl methyl sites for hydroxylation is 1. The molecule has 0 unspecified atom stereocenters. The first kappa shape index (κ1) is 9.46. The van der Waals surface area contributed by atoms with Gasteiger partial charge >= 0.3 is 0 Å². The Hall–Kier alpha value is -1.09. The van der Waals surface area contributed by atoms with Gasteiger partial charge in [-0.15, -0.1) is 0 Å². The standard InChI is InChI=1S/C11H14N2S/c1-6(2)8-5-4-7(3)10-9(8)13-11(12)14-10/h4-6H,1-3H3,(H2,12,13). The highest BCUT2D eigenvalue weighted by Crippen LogP contribution is 2.32. The molecule has 0 radical (unpaired) electrons. The number of nitrogens with zero attached hydrogens (tertiary/aromatic N) is 1. The van der Waals surface area contributed by atoms with Gasteiger partial charge in [-0.3, -0.25) is 0 Å². The van der Waals surface area contributed by atoms with E-state index in [2.05, 4.69) is 37.9 Å². The van der Waals surface area contributed by atoms with Gasteiger partial charge in [0.05, 0.1) is 10.2 Å². The minimum absolute atomic E-state index is 0.500. The van der Waals surface area contributed by atoms with E-state index in [4.69, 9.17) is 5.73 Å². The number of hydrogen-bond acceptors (Lipinski definition) is 3. The minimum Gasteiger partial charge on any atom is -0.375 e. The highest BCUT2D eigenvalue weighted by atomic mass is 32.1. The van der Waals surface area contributed by atoms with Crippen LogP contribution in [0.25, 0.3) is 10.2 Å². The van der Waals surface area contributed by atoms with Gasteiger partial charge < -0.3 is 5.73 Å². The fourth-order valence-corrected chi connectivity index (χ4v) is 2.47. The summed E-state index contributed by atoms with van der Waals surface area (Å²) in [4.78, 5) is 4.39. The fourth-order valence-electron chi connectivity index (χ4n) is 1.63. The summed E-state index contributed by atoms with van der Waals surface area (Å²) in [7, 11) is 0. The van der Waals surface area contributed by atoms with Gasteiger partial charge in [0.2, 0.25) is 0 Å². The first-order chi connectivity index (χ1) is 6.59. The van der Waals surface area contributed by atoms with Crippen molar-refractivity contribution in [3.8, 4) is 0 Å². The summed E-state index contributed by atoms with van der Waals surface area (Å²) in [5.41, 5.74) is 9.37. The molecule has 1 aromatic heterocycles. The van der Waals surface area contributed by atoms with E-state index in [9.17, 15) is 0 Å². The molecule has 0 fully saturated rings. The normalized spacial score (nSPS) is 11.4. The van der Waals surface area contributed by atoms with Crippen LogP contribution in [0.4, 0.5) is 5.13 Å². The second kappa shape index (κ2) is 3.24. The number of thiazole rings is 1. The molecule has 14 heavy (non-hydrogen) atoms. The summed E-state index contributed by atoms with van der Waals surface area (Å²) in [5.74, 6) is 0.500. The predicted octanol–water partition coefficient (Wildman–Crippen LogP) is 3.31. The highest BCUT2D eigenvalue weighted by Gasteiger charge is 2.10. The van der Waals surface area contributed by atoms with Crippen LogP contribution in [-0.2, 0) is 0 Å². The number of anilines is 1. The van der Waals surface area contributed by atoms with E-state index in [1.54, 1.807) is 11.3 Å². The molecule has 0 saturated carbocycles. The van der Waals surface area contributed by atoms with Gasteiger partial charge in [-0.05, 0) is 24.0 Å².